The zero-order valence-electron chi connectivity index (χ0n) is 8.98. The molecule has 1 fully saturated rings. The van der Waals surface area contributed by atoms with Crippen molar-refractivity contribution in [3.05, 3.63) is 12.7 Å². The van der Waals surface area contributed by atoms with Crippen LogP contribution >= 0.6 is 0 Å². The zero-order valence-corrected chi connectivity index (χ0v) is 8.98. The van der Waals surface area contributed by atoms with Crippen LogP contribution in [0.25, 0.3) is 0 Å². The molecule has 86 valence electrons. The molecule has 2 amide bonds. The first-order valence-electron chi connectivity index (χ1n) is 5.25. The van der Waals surface area contributed by atoms with E-state index in [0.29, 0.717) is 13.1 Å². The smallest absolute Gasteiger partial charge is 0.317 e. The van der Waals surface area contributed by atoms with Crippen molar-refractivity contribution in [1.29, 1.82) is 0 Å². The summed E-state index contributed by atoms with van der Waals surface area (Å²) in [6, 6.07) is 0.0116. The Balaban J connectivity index is 2.25. The number of hydrogen-bond donors (Lipinski definition) is 2. The Kier molecular flexibility index (Phi) is 5.14. The van der Waals surface area contributed by atoms with E-state index in [1.807, 2.05) is 0 Å². The van der Waals surface area contributed by atoms with Gasteiger partial charge in [0.1, 0.15) is 0 Å². The summed E-state index contributed by atoms with van der Waals surface area (Å²) in [5.41, 5.74) is 0. The van der Waals surface area contributed by atoms with Crippen LogP contribution in [0.15, 0.2) is 12.7 Å². The van der Waals surface area contributed by atoms with Gasteiger partial charge in [0.2, 0.25) is 0 Å². The lowest BCUT2D eigenvalue weighted by molar-refractivity contribution is 0.185. The first-order chi connectivity index (χ1) is 7.27. The van der Waals surface area contributed by atoms with Gasteiger partial charge in [-0.05, 0) is 0 Å². The van der Waals surface area contributed by atoms with E-state index in [4.69, 9.17) is 5.11 Å². The number of carbonyl (C=O) groups excluding carboxylic acids is 1. The quantitative estimate of drug-likeness (QED) is 0.560. The Morgan fingerprint density at radius 1 is 1.60 bits per heavy atom. The molecular formula is C10H19N3O2. The van der Waals surface area contributed by atoms with Crippen molar-refractivity contribution >= 4 is 6.03 Å². The molecule has 0 unspecified atom stereocenters. The lowest BCUT2D eigenvalue weighted by Crippen LogP contribution is -2.38. The molecule has 0 spiro atoms. The largest absolute Gasteiger partial charge is 0.395 e. The molecule has 0 aromatic carbocycles. The van der Waals surface area contributed by atoms with Gasteiger partial charge < -0.3 is 15.3 Å². The summed E-state index contributed by atoms with van der Waals surface area (Å²) in [7, 11) is 0. The second kappa shape index (κ2) is 6.42. The number of aliphatic hydroxyl groups is 1. The molecule has 1 heterocycles. The third-order valence-electron chi connectivity index (χ3n) is 2.43. The molecule has 1 rings (SSSR count). The van der Waals surface area contributed by atoms with Crippen molar-refractivity contribution in [2.75, 3.05) is 45.9 Å². The molecule has 0 bridgehead atoms. The van der Waals surface area contributed by atoms with E-state index < -0.39 is 0 Å². The van der Waals surface area contributed by atoms with Crippen molar-refractivity contribution in [1.82, 2.24) is 15.1 Å². The van der Waals surface area contributed by atoms with Crippen molar-refractivity contribution in [3.63, 3.8) is 0 Å². The van der Waals surface area contributed by atoms with Crippen LogP contribution in [0.2, 0.25) is 0 Å². The van der Waals surface area contributed by atoms with E-state index in [9.17, 15) is 4.79 Å². The Hall–Kier alpha value is -1.07. The predicted molar refractivity (Wildman–Crippen MR) is 58.7 cm³/mol. The van der Waals surface area contributed by atoms with E-state index in [1.165, 1.54) is 0 Å². The molecule has 0 aliphatic carbocycles. The molecule has 5 heteroatoms. The fourth-order valence-corrected chi connectivity index (χ4v) is 1.60. The number of urea groups is 1. The molecule has 1 saturated heterocycles. The van der Waals surface area contributed by atoms with E-state index in [0.717, 1.165) is 26.2 Å². The number of nitrogens with zero attached hydrogens (tertiary/aromatic N) is 2. The van der Waals surface area contributed by atoms with Crippen LogP contribution in [0.1, 0.15) is 0 Å². The number of aliphatic hydroxyl groups excluding tert-OH is 1. The molecule has 1 aliphatic heterocycles. The number of nitrogens with one attached hydrogen (secondary N) is 1. The van der Waals surface area contributed by atoms with Crippen LogP contribution in [0.5, 0.6) is 0 Å². The molecule has 0 atom stereocenters. The van der Waals surface area contributed by atoms with Gasteiger partial charge in [-0.1, -0.05) is 6.08 Å². The van der Waals surface area contributed by atoms with Gasteiger partial charge in [0.05, 0.1) is 6.61 Å². The van der Waals surface area contributed by atoms with Crippen LogP contribution < -0.4 is 5.32 Å². The average Bonchev–Trinajstić information content (AvgIpc) is 2.61. The Labute approximate surface area is 90.4 Å². The first kappa shape index (κ1) is 12.0. The number of hydrogen-bond acceptors (Lipinski definition) is 3. The van der Waals surface area contributed by atoms with Gasteiger partial charge in [-0.3, -0.25) is 4.90 Å². The van der Waals surface area contributed by atoms with E-state index >= 15 is 0 Å². The number of carbonyl (C=O) groups is 1. The van der Waals surface area contributed by atoms with Crippen LogP contribution in [-0.4, -0.2) is 66.8 Å². The highest BCUT2D eigenvalue weighted by Gasteiger charge is 2.19. The summed E-state index contributed by atoms with van der Waals surface area (Å²) >= 11 is 0. The monoisotopic (exact) mass is 213 g/mol. The number of amides is 2. The Bertz CT molecular complexity index is 221. The molecule has 2 N–H and O–H groups in total. The van der Waals surface area contributed by atoms with Gasteiger partial charge in [0.15, 0.2) is 0 Å². The average molecular weight is 213 g/mol. The molecule has 5 nitrogen and oxygen atoms in total. The fourth-order valence-electron chi connectivity index (χ4n) is 1.60. The van der Waals surface area contributed by atoms with Crippen molar-refractivity contribution in [2.24, 2.45) is 0 Å². The zero-order chi connectivity index (χ0) is 11.1. The van der Waals surface area contributed by atoms with E-state index in [2.05, 4.69) is 16.8 Å². The minimum Gasteiger partial charge on any atom is -0.395 e. The summed E-state index contributed by atoms with van der Waals surface area (Å²) < 4.78 is 0. The highest BCUT2D eigenvalue weighted by atomic mass is 16.3. The highest BCUT2D eigenvalue weighted by molar-refractivity contribution is 5.76. The van der Waals surface area contributed by atoms with Gasteiger partial charge in [0.25, 0.3) is 0 Å². The summed E-state index contributed by atoms with van der Waals surface area (Å²) in [6.45, 7) is 8.17. The van der Waals surface area contributed by atoms with Gasteiger partial charge in [-0.25, -0.2) is 4.79 Å². The second-order valence-corrected chi connectivity index (χ2v) is 3.53. The third kappa shape index (κ3) is 3.89. The Morgan fingerprint density at radius 3 is 2.93 bits per heavy atom. The topological polar surface area (TPSA) is 55.8 Å². The summed E-state index contributed by atoms with van der Waals surface area (Å²) in [6.07, 6.45) is 1.81. The summed E-state index contributed by atoms with van der Waals surface area (Å²) in [5, 5.41) is 11.6. The van der Waals surface area contributed by atoms with Gasteiger partial charge >= 0.3 is 6.03 Å². The second-order valence-electron chi connectivity index (χ2n) is 3.53. The normalized spacial score (nSPS) is 15.9. The molecule has 0 aromatic rings. The minimum atomic E-state index is 0.0116. The van der Waals surface area contributed by atoms with Gasteiger partial charge in [-0.15, -0.1) is 6.58 Å². The predicted octanol–water partition coefficient (Wildman–Crippen LogP) is -0.508. The standard InChI is InChI=1S/C10H19N3O2/c1-2-4-12(8-9-14)6-7-13-5-3-11-10(13)15/h2,14H,1,3-9H2,(H,11,15). The molecular weight excluding hydrogens is 194 g/mol. The van der Waals surface area contributed by atoms with Crippen molar-refractivity contribution in [2.45, 2.75) is 0 Å². The van der Waals surface area contributed by atoms with Gasteiger partial charge in [0, 0.05) is 39.3 Å². The number of rotatable bonds is 7. The highest BCUT2D eigenvalue weighted by Crippen LogP contribution is 1.97. The van der Waals surface area contributed by atoms with E-state index in [-0.39, 0.29) is 12.6 Å². The summed E-state index contributed by atoms with van der Waals surface area (Å²) in [4.78, 5) is 15.1. The maximum atomic E-state index is 11.2. The van der Waals surface area contributed by atoms with Crippen molar-refractivity contribution < 1.29 is 9.90 Å². The van der Waals surface area contributed by atoms with Crippen LogP contribution in [0, 0.1) is 0 Å². The molecule has 1 aliphatic rings. The minimum absolute atomic E-state index is 0.0116. The lowest BCUT2D eigenvalue weighted by Gasteiger charge is -2.22. The van der Waals surface area contributed by atoms with Crippen LogP contribution in [-0.2, 0) is 0 Å². The Morgan fingerprint density at radius 2 is 2.40 bits per heavy atom. The maximum Gasteiger partial charge on any atom is 0.317 e. The van der Waals surface area contributed by atoms with E-state index in [1.54, 1.807) is 11.0 Å². The van der Waals surface area contributed by atoms with Crippen molar-refractivity contribution in [3.8, 4) is 0 Å². The van der Waals surface area contributed by atoms with Gasteiger partial charge in [-0.2, -0.15) is 0 Å². The van der Waals surface area contributed by atoms with Crippen LogP contribution in [0.3, 0.4) is 0 Å². The lowest BCUT2D eigenvalue weighted by atomic mass is 10.4. The SMILES string of the molecule is C=CCN(CCO)CCN1CCNC1=O. The molecule has 0 saturated carbocycles. The molecule has 0 aromatic heterocycles. The first-order valence-corrected chi connectivity index (χ1v) is 5.25. The maximum absolute atomic E-state index is 11.2. The fraction of sp³-hybridized carbons (Fsp3) is 0.700. The van der Waals surface area contributed by atoms with Crippen LogP contribution in [0.4, 0.5) is 4.79 Å². The molecule has 0 radical (unpaired) electrons. The third-order valence-corrected chi connectivity index (χ3v) is 2.43. The summed E-state index contributed by atoms with van der Waals surface area (Å²) in [5.74, 6) is 0. The molecule has 15 heavy (non-hydrogen) atoms.